The van der Waals surface area contributed by atoms with Crippen LogP contribution in [0.1, 0.15) is 52.8 Å². The summed E-state index contributed by atoms with van der Waals surface area (Å²) >= 11 is 0. The molecule has 2 aromatic rings. The highest BCUT2D eigenvalue weighted by atomic mass is 16.3. The van der Waals surface area contributed by atoms with Crippen molar-refractivity contribution in [2.45, 2.75) is 38.3 Å². The number of aliphatic hydroxyl groups is 1. The largest absolute Gasteiger partial charge is 0.370 e. The summed E-state index contributed by atoms with van der Waals surface area (Å²) in [5, 5.41) is 15.2. The van der Waals surface area contributed by atoms with Crippen molar-refractivity contribution in [3.63, 3.8) is 0 Å². The Kier molecular flexibility index (Phi) is 7.18. The summed E-state index contributed by atoms with van der Waals surface area (Å²) in [6.07, 6.45) is 3.24. The minimum Gasteiger partial charge on any atom is -0.370 e. The molecule has 1 unspecified atom stereocenters. The van der Waals surface area contributed by atoms with E-state index in [1.165, 1.54) is 4.90 Å². The minimum atomic E-state index is -0.951. The van der Waals surface area contributed by atoms with Crippen LogP contribution in [0, 0.1) is 0 Å². The lowest BCUT2D eigenvalue weighted by Crippen LogP contribution is -2.52. The molecule has 8 heteroatoms. The van der Waals surface area contributed by atoms with Crippen molar-refractivity contribution in [3.8, 4) is 11.1 Å². The number of allylic oxidation sites excluding steroid dienone is 1. The average Bonchev–Trinajstić information content (AvgIpc) is 2.87. The fraction of sp³-hybridized carbons (Fsp3) is 0.308. The molecule has 34 heavy (non-hydrogen) atoms. The molecule has 0 saturated heterocycles. The molecule has 3 N–H and O–H groups in total. The lowest BCUT2D eigenvalue weighted by molar-refractivity contribution is -0.121. The van der Waals surface area contributed by atoms with E-state index in [0.717, 1.165) is 47.9 Å². The van der Waals surface area contributed by atoms with Gasteiger partial charge in [-0.25, -0.2) is 4.79 Å². The van der Waals surface area contributed by atoms with Gasteiger partial charge in [0.1, 0.15) is 6.29 Å². The summed E-state index contributed by atoms with van der Waals surface area (Å²) < 4.78 is 0. The third-order valence-electron chi connectivity index (χ3n) is 6.24. The zero-order chi connectivity index (χ0) is 24.1. The summed E-state index contributed by atoms with van der Waals surface area (Å²) in [6, 6.07) is 13.8. The van der Waals surface area contributed by atoms with E-state index in [2.05, 4.69) is 10.6 Å². The van der Waals surface area contributed by atoms with Crippen molar-refractivity contribution in [1.82, 2.24) is 15.5 Å². The first kappa shape index (κ1) is 23.4. The van der Waals surface area contributed by atoms with Gasteiger partial charge in [0.2, 0.25) is 5.91 Å². The highest BCUT2D eigenvalue weighted by Gasteiger charge is 2.33. The van der Waals surface area contributed by atoms with Crippen molar-refractivity contribution in [2.75, 3.05) is 13.1 Å². The van der Waals surface area contributed by atoms with Gasteiger partial charge in [-0.15, -0.1) is 0 Å². The summed E-state index contributed by atoms with van der Waals surface area (Å²) in [5.74, 6) is -0.538. The number of aldehydes is 1. The van der Waals surface area contributed by atoms with Crippen LogP contribution in [0.5, 0.6) is 0 Å². The zero-order valence-corrected chi connectivity index (χ0v) is 18.8. The standard InChI is InChI=1S/C26H27N3O5/c30-16-17-5-7-18(8-6-17)19-9-11-20(12-10-19)23(31)15-27-24(32)13-14-29-22-4-2-1-3-21(22)25(33)28-26(29)34/h5-12,16,25,33H,1-4,13-15H2,(H,27,32)(H,28,34). The molecule has 0 aromatic heterocycles. The second kappa shape index (κ2) is 10.4. The fourth-order valence-corrected chi connectivity index (χ4v) is 4.34. The number of aliphatic hydroxyl groups excluding tert-OH is 1. The normalized spacial score (nSPS) is 17.6. The number of nitrogens with one attached hydrogen (secondary N) is 2. The van der Waals surface area contributed by atoms with Gasteiger partial charge in [0.05, 0.1) is 6.54 Å². The number of ketones is 1. The van der Waals surface area contributed by atoms with E-state index < -0.39 is 12.3 Å². The van der Waals surface area contributed by atoms with E-state index in [1.54, 1.807) is 24.3 Å². The molecule has 0 spiro atoms. The topological polar surface area (TPSA) is 116 Å². The van der Waals surface area contributed by atoms with Crippen molar-refractivity contribution < 1.29 is 24.3 Å². The lowest BCUT2D eigenvalue weighted by Gasteiger charge is -2.37. The molecule has 4 rings (SSSR count). The Morgan fingerprint density at radius 3 is 2.35 bits per heavy atom. The molecule has 2 aliphatic rings. The second-order valence-electron chi connectivity index (χ2n) is 8.45. The monoisotopic (exact) mass is 461 g/mol. The van der Waals surface area contributed by atoms with Crippen molar-refractivity contribution in [2.24, 2.45) is 0 Å². The van der Waals surface area contributed by atoms with E-state index in [0.29, 0.717) is 17.5 Å². The maximum Gasteiger partial charge on any atom is 0.323 e. The van der Waals surface area contributed by atoms with Crippen molar-refractivity contribution >= 4 is 24.0 Å². The van der Waals surface area contributed by atoms with Crippen LogP contribution in [-0.4, -0.2) is 53.3 Å². The van der Waals surface area contributed by atoms with E-state index in [-0.39, 0.29) is 31.2 Å². The number of hydrogen-bond donors (Lipinski definition) is 3. The molecule has 1 heterocycles. The SMILES string of the molecule is O=Cc1ccc(-c2ccc(C(=O)CNC(=O)CCN3C(=O)NC(O)C4=C3CCCC4)cc2)cc1. The highest BCUT2D eigenvalue weighted by molar-refractivity contribution is 5.99. The van der Waals surface area contributed by atoms with Gasteiger partial charge >= 0.3 is 6.03 Å². The van der Waals surface area contributed by atoms with Crippen molar-refractivity contribution in [1.29, 1.82) is 0 Å². The van der Waals surface area contributed by atoms with Gasteiger partial charge in [-0.3, -0.25) is 19.3 Å². The molecule has 8 nitrogen and oxygen atoms in total. The molecule has 0 radical (unpaired) electrons. The van der Waals surface area contributed by atoms with Gasteiger partial charge in [-0.1, -0.05) is 48.5 Å². The van der Waals surface area contributed by atoms with Gasteiger partial charge in [-0.05, 0) is 42.4 Å². The van der Waals surface area contributed by atoms with E-state index >= 15 is 0 Å². The first-order chi connectivity index (χ1) is 16.5. The molecule has 0 bridgehead atoms. The Labute approximate surface area is 197 Å². The Morgan fingerprint density at radius 2 is 1.68 bits per heavy atom. The minimum absolute atomic E-state index is 0.0588. The Balaban J connectivity index is 1.29. The quantitative estimate of drug-likeness (QED) is 0.413. The first-order valence-electron chi connectivity index (χ1n) is 11.4. The van der Waals surface area contributed by atoms with Crippen LogP contribution in [0.4, 0.5) is 4.79 Å². The fourth-order valence-electron chi connectivity index (χ4n) is 4.34. The first-order valence-corrected chi connectivity index (χ1v) is 11.4. The van der Waals surface area contributed by atoms with E-state index in [4.69, 9.17) is 0 Å². The van der Waals surface area contributed by atoms with Crippen LogP contribution in [0.25, 0.3) is 11.1 Å². The predicted octanol–water partition coefficient (Wildman–Crippen LogP) is 3.03. The molecule has 1 atom stereocenters. The number of carbonyl (C=O) groups is 4. The van der Waals surface area contributed by atoms with Crippen LogP contribution in [-0.2, 0) is 4.79 Å². The van der Waals surface area contributed by atoms with Crippen LogP contribution in [0.2, 0.25) is 0 Å². The molecule has 176 valence electrons. The highest BCUT2D eigenvalue weighted by Crippen LogP contribution is 2.31. The Hall–Kier alpha value is -3.78. The Morgan fingerprint density at radius 1 is 1.03 bits per heavy atom. The molecule has 1 aliphatic carbocycles. The predicted molar refractivity (Wildman–Crippen MR) is 126 cm³/mol. The summed E-state index contributed by atoms with van der Waals surface area (Å²) in [7, 11) is 0. The number of nitrogens with zero attached hydrogens (tertiary/aromatic N) is 1. The number of carbonyl (C=O) groups excluding carboxylic acids is 4. The maximum atomic E-state index is 12.5. The molecule has 0 fully saturated rings. The Bertz CT molecular complexity index is 1120. The molecular formula is C26H27N3O5. The number of benzene rings is 2. The second-order valence-corrected chi connectivity index (χ2v) is 8.45. The van der Waals surface area contributed by atoms with Crippen LogP contribution >= 0.6 is 0 Å². The van der Waals surface area contributed by atoms with Gasteiger partial charge < -0.3 is 15.7 Å². The molecule has 2 aromatic carbocycles. The summed E-state index contributed by atoms with van der Waals surface area (Å²) in [4.78, 5) is 49.5. The lowest BCUT2D eigenvalue weighted by atomic mass is 9.93. The zero-order valence-electron chi connectivity index (χ0n) is 18.8. The average molecular weight is 462 g/mol. The number of hydrogen-bond acceptors (Lipinski definition) is 5. The summed E-state index contributed by atoms with van der Waals surface area (Å²) in [5.41, 5.74) is 4.57. The van der Waals surface area contributed by atoms with Crippen LogP contribution in [0.15, 0.2) is 59.8 Å². The van der Waals surface area contributed by atoms with Crippen LogP contribution in [0.3, 0.4) is 0 Å². The van der Waals surface area contributed by atoms with Gasteiger partial charge in [0, 0.05) is 29.8 Å². The number of Topliss-reactive ketones (excluding diaryl/α,β-unsaturated/α-hetero) is 1. The summed E-state index contributed by atoms with van der Waals surface area (Å²) in [6.45, 7) is 0.0556. The van der Waals surface area contributed by atoms with E-state index in [9.17, 15) is 24.3 Å². The number of rotatable bonds is 8. The molecule has 1 aliphatic heterocycles. The molecule has 0 saturated carbocycles. The third kappa shape index (κ3) is 5.23. The number of amides is 3. The number of urea groups is 1. The smallest absolute Gasteiger partial charge is 0.323 e. The van der Waals surface area contributed by atoms with Gasteiger partial charge in [0.15, 0.2) is 12.0 Å². The van der Waals surface area contributed by atoms with Crippen LogP contribution < -0.4 is 10.6 Å². The van der Waals surface area contributed by atoms with E-state index in [1.807, 2.05) is 24.3 Å². The maximum absolute atomic E-state index is 12.5. The third-order valence-corrected chi connectivity index (χ3v) is 6.24. The van der Waals surface area contributed by atoms with Crippen molar-refractivity contribution in [3.05, 3.63) is 70.9 Å². The van der Waals surface area contributed by atoms with Gasteiger partial charge in [0.25, 0.3) is 0 Å². The van der Waals surface area contributed by atoms with Gasteiger partial charge in [-0.2, -0.15) is 0 Å². The molecular weight excluding hydrogens is 434 g/mol. The molecule has 3 amide bonds.